The quantitative estimate of drug-likeness (QED) is 0.113. The van der Waals surface area contributed by atoms with Crippen molar-refractivity contribution in [3.05, 3.63) is 60.6 Å². The highest BCUT2D eigenvalue weighted by Gasteiger charge is 2.43. The third kappa shape index (κ3) is 7.61. The van der Waals surface area contributed by atoms with E-state index in [0.29, 0.717) is 17.9 Å². The van der Waals surface area contributed by atoms with Crippen LogP contribution in [0.2, 0.25) is 0 Å². The summed E-state index contributed by atoms with van der Waals surface area (Å²) in [4.78, 5) is 7.36. The summed E-state index contributed by atoms with van der Waals surface area (Å²) in [7, 11) is 1.73. The summed E-state index contributed by atoms with van der Waals surface area (Å²) in [5, 5.41) is 10.6. The number of pyridine rings is 1. The normalized spacial score (nSPS) is 22.4. The van der Waals surface area contributed by atoms with Gasteiger partial charge in [-0.15, -0.1) is 11.7 Å². The van der Waals surface area contributed by atoms with Crippen molar-refractivity contribution in [2.24, 2.45) is 11.8 Å². The molecule has 0 saturated carbocycles. The van der Waals surface area contributed by atoms with Crippen molar-refractivity contribution in [1.29, 1.82) is 0 Å². The van der Waals surface area contributed by atoms with E-state index in [4.69, 9.17) is 15.0 Å². The lowest BCUT2D eigenvalue weighted by Crippen LogP contribution is -2.56. The Morgan fingerprint density at radius 3 is 2.40 bits per heavy atom. The lowest BCUT2D eigenvalue weighted by Gasteiger charge is -2.51. The van der Waals surface area contributed by atoms with Crippen LogP contribution in [0, 0.1) is 11.8 Å². The SMILES string of the molecule is C=C[C@H]1CN2CC[C@H]1C[C@@H]2[C@@H](c1ccnc2ccc(OC)cc12)n1cc(CCCCCCCCCCCCCC)nn1. The summed E-state index contributed by atoms with van der Waals surface area (Å²) in [6.07, 6.45) is 26.2. The maximum Gasteiger partial charge on any atom is 0.119 e. The van der Waals surface area contributed by atoms with Gasteiger partial charge in [0.1, 0.15) is 5.75 Å². The molecule has 6 heteroatoms. The van der Waals surface area contributed by atoms with E-state index >= 15 is 0 Å². The number of benzene rings is 1. The molecule has 3 fully saturated rings. The largest absolute Gasteiger partial charge is 0.497 e. The number of piperidine rings is 3. The Kier molecular flexibility index (Phi) is 11.5. The van der Waals surface area contributed by atoms with Crippen LogP contribution in [0.4, 0.5) is 0 Å². The van der Waals surface area contributed by atoms with Crippen LogP contribution in [0.5, 0.6) is 5.75 Å². The number of aryl methyl sites for hydroxylation is 1. The number of nitrogens with zero attached hydrogens (tertiary/aromatic N) is 5. The van der Waals surface area contributed by atoms with Crippen molar-refractivity contribution >= 4 is 10.9 Å². The predicted octanol–water partition coefficient (Wildman–Crippen LogP) is 8.56. The molecule has 0 radical (unpaired) electrons. The molecule has 1 unspecified atom stereocenters. The highest BCUT2D eigenvalue weighted by atomic mass is 16.5. The molecule has 228 valence electrons. The molecule has 1 aromatic carbocycles. The minimum Gasteiger partial charge on any atom is -0.497 e. The van der Waals surface area contributed by atoms with Crippen LogP contribution < -0.4 is 4.74 Å². The number of methoxy groups -OCH3 is 1. The van der Waals surface area contributed by atoms with Gasteiger partial charge >= 0.3 is 0 Å². The van der Waals surface area contributed by atoms with Crippen molar-refractivity contribution in [1.82, 2.24) is 24.9 Å². The second kappa shape index (κ2) is 15.7. The Balaban J connectivity index is 1.22. The lowest BCUT2D eigenvalue weighted by molar-refractivity contribution is -0.000129. The van der Waals surface area contributed by atoms with Crippen LogP contribution in [0.3, 0.4) is 0 Å². The van der Waals surface area contributed by atoms with Crippen molar-refractivity contribution < 1.29 is 4.74 Å². The fourth-order valence-corrected chi connectivity index (χ4v) is 7.47. The zero-order valence-corrected chi connectivity index (χ0v) is 26.2. The van der Waals surface area contributed by atoms with Crippen molar-refractivity contribution in [3.8, 4) is 5.75 Å². The smallest absolute Gasteiger partial charge is 0.119 e. The maximum absolute atomic E-state index is 5.62. The van der Waals surface area contributed by atoms with Gasteiger partial charge in [-0.3, -0.25) is 9.88 Å². The first-order valence-corrected chi connectivity index (χ1v) is 16.9. The summed E-state index contributed by atoms with van der Waals surface area (Å²) >= 11 is 0. The molecule has 5 heterocycles. The molecule has 2 bridgehead atoms. The molecular formula is C36H53N5O. The Morgan fingerprint density at radius 1 is 1.00 bits per heavy atom. The Bertz CT molecular complexity index is 1250. The zero-order valence-electron chi connectivity index (χ0n) is 26.2. The van der Waals surface area contributed by atoms with Crippen molar-refractivity contribution in [2.75, 3.05) is 20.2 Å². The average Bonchev–Trinajstić information content (AvgIpc) is 3.50. The van der Waals surface area contributed by atoms with Crippen LogP contribution in [-0.4, -0.2) is 51.1 Å². The van der Waals surface area contributed by atoms with Gasteiger partial charge in [0.2, 0.25) is 0 Å². The van der Waals surface area contributed by atoms with Gasteiger partial charge in [0.05, 0.1) is 24.4 Å². The number of hydrogen-bond donors (Lipinski definition) is 0. The van der Waals surface area contributed by atoms with E-state index in [1.54, 1.807) is 7.11 Å². The number of ether oxygens (including phenoxy) is 1. The van der Waals surface area contributed by atoms with E-state index in [0.717, 1.165) is 48.3 Å². The van der Waals surface area contributed by atoms with E-state index in [1.165, 1.54) is 89.0 Å². The Labute approximate surface area is 253 Å². The number of hydrogen-bond acceptors (Lipinski definition) is 5. The number of aromatic nitrogens is 4. The number of rotatable bonds is 18. The monoisotopic (exact) mass is 571 g/mol. The van der Waals surface area contributed by atoms with Gasteiger partial charge in [0.15, 0.2) is 0 Å². The molecule has 3 saturated heterocycles. The van der Waals surface area contributed by atoms with Gasteiger partial charge in [0.25, 0.3) is 0 Å². The first kappa shape index (κ1) is 30.7. The molecule has 3 aliphatic rings. The molecular weight excluding hydrogens is 518 g/mol. The minimum atomic E-state index is 0.0828. The third-order valence-electron chi connectivity index (χ3n) is 9.95. The summed E-state index contributed by atoms with van der Waals surface area (Å²) < 4.78 is 7.78. The molecule has 0 spiro atoms. The van der Waals surface area contributed by atoms with Gasteiger partial charge in [-0.2, -0.15) is 0 Å². The fraction of sp³-hybridized carbons (Fsp3) is 0.639. The van der Waals surface area contributed by atoms with Gasteiger partial charge in [-0.05, 0) is 73.9 Å². The zero-order chi connectivity index (χ0) is 29.1. The predicted molar refractivity (Wildman–Crippen MR) is 173 cm³/mol. The molecule has 6 nitrogen and oxygen atoms in total. The highest BCUT2D eigenvalue weighted by molar-refractivity contribution is 5.84. The molecule has 0 aliphatic carbocycles. The summed E-state index contributed by atoms with van der Waals surface area (Å²) in [6, 6.07) is 8.84. The Hall–Kier alpha value is -2.73. The van der Waals surface area contributed by atoms with Crippen LogP contribution in [0.15, 0.2) is 49.3 Å². The van der Waals surface area contributed by atoms with Gasteiger partial charge in [-0.25, -0.2) is 4.68 Å². The van der Waals surface area contributed by atoms with Gasteiger partial charge in [0, 0.05) is 30.4 Å². The Morgan fingerprint density at radius 2 is 1.74 bits per heavy atom. The van der Waals surface area contributed by atoms with E-state index in [1.807, 2.05) is 12.3 Å². The molecule has 42 heavy (non-hydrogen) atoms. The van der Waals surface area contributed by atoms with Crippen LogP contribution in [-0.2, 0) is 6.42 Å². The van der Waals surface area contributed by atoms with E-state index < -0.39 is 0 Å². The van der Waals surface area contributed by atoms with Gasteiger partial charge in [-0.1, -0.05) is 88.8 Å². The lowest BCUT2D eigenvalue weighted by atomic mass is 9.73. The molecule has 0 N–H and O–H groups in total. The molecule has 3 aliphatic heterocycles. The topological polar surface area (TPSA) is 56.1 Å². The first-order chi connectivity index (χ1) is 20.7. The highest BCUT2D eigenvalue weighted by Crippen LogP contribution is 2.43. The number of fused-ring (bicyclic) bond motifs is 4. The average molecular weight is 572 g/mol. The molecule has 2 aromatic heterocycles. The molecule has 3 aromatic rings. The third-order valence-corrected chi connectivity index (χ3v) is 9.95. The van der Waals surface area contributed by atoms with E-state index in [9.17, 15) is 0 Å². The fourth-order valence-electron chi connectivity index (χ4n) is 7.47. The summed E-state index contributed by atoms with van der Waals surface area (Å²) in [5.41, 5.74) is 3.37. The summed E-state index contributed by atoms with van der Waals surface area (Å²) in [5.74, 6) is 2.13. The number of unbranched alkanes of at least 4 members (excludes halogenated alkanes) is 11. The van der Waals surface area contributed by atoms with E-state index in [-0.39, 0.29) is 6.04 Å². The molecule has 5 atom stereocenters. The standard InChI is InChI=1S/C36H53N5O/c1-4-6-7-8-9-10-11-12-13-14-15-16-17-30-27-41(39-38-30)36(35-24-29-21-23-40(35)26-28(29)5-2)32-20-22-37-34-19-18-31(42-3)25-33(32)34/h5,18-20,22,25,27-29,35-36H,2,4,6-17,21,23-24,26H2,1,3H3/t28-,29-,35+,36+/m0/s1. The molecule has 6 rings (SSSR count). The van der Waals surface area contributed by atoms with Crippen LogP contribution in [0.1, 0.15) is 114 Å². The van der Waals surface area contributed by atoms with Crippen LogP contribution in [0.25, 0.3) is 10.9 Å². The first-order valence-electron chi connectivity index (χ1n) is 16.9. The van der Waals surface area contributed by atoms with Crippen LogP contribution >= 0.6 is 0 Å². The second-order valence-corrected chi connectivity index (χ2v) is 12.8. The minimum absolute atomic E-state index is 0.0828. The summed E-state index contributed by atoms with van der Waals surface area (Å²) in [6.45, 7) is 8.67. The van der Waals surface area contributed by atoms with Crippen molar-refractivity contribution in [3.63, 3.8) is 0 Å². The maximum atomic E-state index is 5.62. The second-order valence-electron chi connectivity index (χ2n) is 12.8. The van der Waals surface area contributed by atoms with E-state index in [2.05, 4.69) is 58.5 Å². The van der Waals surface area contributed by atoms with Crippen molar-refractivity contribution in [2.45, 2.75) is 115 Å². The molecule has 0 amide bonds. The van der Waals surface area contributed by atoms with Gasteiger partial charge < -0.3 is 4.74 Å².